The summed E-state index contributed by atoms with van der Waals surface area (Å²) in [7, 11) is 0. The van der Waals surface area contributed by atoms with Crippen molar-refractivity contribution in [2.75, 3.05) is 0 Å². The second kappa shape index (κ2) is 4.67. The Morgan fingerprint density at radius 3 is 1.78 bits per heavy atom. The number of pyridine rings is 1. The van der Waals surface area contributed by atoms with Gasteiger partial charge in [0.05, 0.1) is 0 Å². The normalized spacial score (nSPS) is 10.0. The van der Waals surface area contributed by atoms with Crippen molar-refractivity contribution < 1.29 is 9.59 Å². The fourth-order valence-electron chi connectivity index (χ4n) is 1.58. The minimum atomic E-state index is -0.699. The van der Waals surface area contributed by atoms with Gasteiger partial charge in [-0.25, -0.2) is 4.98 Å². The minimum absolute atomic E-state index is 0.0187. The summed E-state index contributed by atoms with van der Waals surface area (Å²) in [6, 6.07) is 12.3. The Hall–Kier alpha value is -2.69. The molecule has 0 radical (unpaired) electrons. The molecule has 5 nitrogen and oxygen atoms in total. The first-order chi connectivity index (χ1) is 8.58. The van der Waals surface area contributed by atoms with Crippen LogP contribution in [0.3, 0.4) is 0 Å². The maximum atomic E-state index is 11.2. The molecule has 0 saturated heterocycles. The number of benzene rings is 1. The van der Waals surface area contributed by atoms with Gasteiger partial charge in [0.2, 0.25) is 0 Å². The van der Waals surface area contributed by atoms with Crippen molar-refractivity contribution in [3.05, 3.63) is 53.9 Å². The van der Waals surface area contributed by atoms with Crippen LogP contribution in [-0.4, -0.2) is 16.8 Å². The molecule has 1 heterocycles. The van der Waals surface area contributed by atoms with E-state index in [1.807, 2.05) is 30.3 Å². The molecule has 0 aliphatic carbocycles. The summed E-state index contributed by atoms with van der Waals surface area (Å²) in [6.07, 6.45) is 0. The number of nitrogens with zero attached hydrogens (tertiary/aromatic N) is 1. The molecule has 0 spiro atoms. The van der Waals surface area contributed by atoms with Gasteiger partial charge in [0, 0.05) is 0 Å². The summed E-state index contributed by atoms with van der Waals surface area (Å²) in [4.78, 5) is 26.1. The Balaban J connectivity index is 2.61. The molecule has 0 atom stereocenters. The van der Waals surface area contributed by atoms with Gasteiger partial charge in [-0.05, 0) is 23.3 Å². The van der Waals surface area contributed by atoms with E-state index in [0.29, 0.717) is 5.56 Å². The van der Waals surface area contributed by atoms with Crippen LogP contribution in [0.5, 0.6) is 0 Å². The second-order valence-electron chi connectivity index (χ2n) is 3.72. The average molecular weight is 241 g/mol. The number of primary amides is 2. The first kappa shape index (κ1) is 11.8. The largest absolute Gasteiger partial charge is 0.364 e. The maximum absolute atomic E-state index is 11.2. The number of amides is 2. The van der Waals surface area contributed by atoms with Crippen LogP contribution in [0.15, 0.2) is 42.5 Å². The summed E-state index contributed by atoms with van der Waals surface area (Å²) in [5.41, 5.74) is 11.9. The van der Waals surface area contributed by atoms with E-state index in [0.717, 1.165) is 5.56 Å². The summed E-state index contributed by atoms with van der Waals surface area (Å²) in [5.74, 6) is -1.40. The summed E-state index contributed by atoms with van der Waals surface area (Å²) in [6.45, 7) is 0. The van der Waals surface area contributed by atoms with E-state index in [1.165, 1.54) is 12.1 Å². The van der Waals surface area contributed by atoms with Crippen LogP contribution in [-0.2, 0) is 0 Å². The molecular weight excluding hydrogens is 230 g/mol. The molecule has 90 valence electrons. The van der Waals surface area contributed by atoms with E-state index < -0.39 is 11.8 Å². The average Bonchev–Trinajstić information content (AvgIpc) is 2.39. The van der Waals surface area contributed by atoms with Crippen LogP contribution in [0, 0.1) is 0 Å². The molecule has 4 N–H and O–H groups in total. The van der Waals surface area contributed by atoms with Crippen LogP contribution in [0.25, 0.3) is 11.1 Å². The van der Waals surface area contributed by atoms with Gasteiger partial charge in [-0.1, -0.05) is 30.3 Å². The van der Waals surface area contributed by atoms with Gasteiger partial charge in [-0.3, -0.25) is 9.59 Å². The number of nitrogens with two attached hydrogens (primary N) is 2. The molecule has 0 aliphatic heterocycles. The fraction of sp³-hybridized carbons (Fsp3) is 0. The lowest BCUT2D eigenvalue weighted by Gasteiger charge is -2.05. The molecular formula is C13H11N3O2. The number of aromatic nitrogens is 1. The van der Waals surface area contributed by atoms with E-state index >= 15 is 0 Å². The first-order valence-corrected chi connectivity index (χ1v) is 5.25. The summed E-state index contributed by atoms with van der Waals surface area (Å²) in [5, 5.41) is 0. The Morgan fingerprint density at radius 1 is 0.833 bits per heavy atom. The Bertz CT molecular complexity index is 577. The highest BCUT2D eigenvalue weighted by Crippen LogP contribution is 2.20. The summed E-state index contributed by atoms with van der Waals surface area (Å²) >= 11 is 0. The van der Waals surface area contributed by atoms with Crippen LogP contribution in [0.2, 0.25) is 0 Å². The van der Waals surface area contributed by atoms with E-state index in [9.17, 15) is 9.59 Å². The number of rotatable bonds is 3. The lowest BCUT2D eigenvalue weighted by Crippen LogP contribution is -2.18. The highest BCUT2D eigenvalue weighted by Gasteiger charge is 2.11. The first-order valence-electron chi connectivity index (χ1n) is 5.25. The molecule has 5 heteroatoms. The zero-order valence-corrected chi connectivity index (χ0v) is 9.46. The summed E-state index contributed by atoms with van der Waals surface area (Å²) < 4.78 is 0. The topological polar surface area (TPSA) is 99.1 Å². The van der Waals surface area contributed by atoms with Gasteiger partial charge < -0.3 is 11.5 Å². The van der Waals surface area contributed by atoms with E-state index in [2.05, 4.69) is 4.98 Å². The highest BCUT2D eigenvalue weighted by atomic mass is 16.1. The van der Waals surface area contributed by atoms with Crippen molar-refractivity contribution in [1.29, 1.82) is 0 Å². The monoisotopic (exact) mass is 241 g/mol. The lowest BCUT2D eigenvalue weighted by molar-refractivity contribution is 0.0992. The molecule has 0 bridgehead atoms. The van der Waals surface area contributed by atoms with Crippen LogP contribution < -0.4 is 11.5 Å². The minimum Gasteiger partial charge on any atom is -0.364 e. The van der Waals surface area contributed by atoms with Crippen molar-refractivity contribution in [2.45, 2.75) is 0 Å². The zero-order valence-electron chi connectivity index (χ0n) is 9.46. The molecule has 2 aromatic rings. The van der Waals surface area contributed by atoms with Crippen molar-refractivity contribution in [2.24, 2.45) is 11.5 Å². The van der Waals surface area contributed by atoms with Gasteiger partial charge in [-0.15, -0.1) is 0 Å². The zero-order chi connectivity index (χ0) is 13.1. The third kappa shape index (κ3) is 2.35. The Labute approximate surface area is 103 Å². The van der Waals surface area contributed by atoms with Crippen molar-refractivity contribution in [3.8, 4) is 11.1 Å². The third-order valence-electron chi connectivity index (χ3n) is 2.44. The second-order valence-corrected chi connectivity index (χ2v) is 3.72. The van der Waals surface area contributed by atoms with Crippen molar-refractivity contribution in [1.82, 2.24) is 4.98 Å². The Kier molecular flexibility index (Phi) is 3.05. The molecule has 0 saturated carbocycles. The molecule has 1 aromatic carbocycles. The van der Waals surface area contributed by atoms with Gasteiger partial charge in [0.1, 0.15) is 11.4 Å². The molecule has 18 heavy (non-hydrogen) atoms. The van der Waals surface area contributed by atoms with E-state index in [1.54, 1.807) is 0 Å². The van der Waals surface area contributed by atoms with Gasteiger partial charge >= 0.3 is 0 Å². The van der Waals surface area contributed by atoms with Gasteiger partial charge in [0.25, 0.3) is 11.8 Å². The molecule has 2 amide bonds. The van der Waals surface area contributed by atoms with E-state index in [-0.39, 0.29) is 11.4 Å². The van der Waals surface area contributed by atoms with Crippen LogP contribution in [0.1, 0.15) is 21.0 Å². The Morgan fingerprint density at radius 2 is 1.33 bits per heavy atom. The predicted molar refractivity (Wildman–Crippen MR) is 66.7 cm³/mol. The molecule has 2 rings (SSSR count). The fourth-order valence-corrected chi connectivity index (χ4v) is 1.58. The van der Waals surface area contributed by atoms with Gasteiger partial charge in [-0.2, -0.15) is 0 Å². The molecule has 1 aromatic heterocycles. The maximum Gasteiger partial charge on any atom is 0.267 e. The SMILES string of the molecule is NC(=O)c1cc(-c2ccccc2)cc(C(N)=O)n1. The van der Waals surface area contributed by atoms with Crippen molar-refractivity contribution in [3.63, 3.8) is 0 Å². The standard InChI is InChI=1S/C13H11N3O2/c14-12(17)10-6-9(7-11(16-10)13(15)18)8-4-2-1-3-5-8/h1-7H,(H2,14,17)(H2,15,18). The molecule has 0 fully saturated rings. The van der Waals surface area contributed by atoms with Crippen molar-refractivity contribution >= 4 is 11.8 Å². The number of hydrogen-bond acceptors (Lipinski definition) is 3. The molecule has 0 aliphatic rings. The lowest BCUT2D eigenvalue weighted by atomic mass is 10.0. The van der Waals surface area contributed by atoms with E-state index in [4.69, 9.17) is 11.5 Å². The van der Waals surface area contributed by atoms with Crippen LogP contribution >= 0.6 is 0 Å². The van der Waals surface area contributed by atoms with Gasteiger partial charge in [0.15, 0.2) is 0 Å². The smallest absolute Gasteiger partial charge is 0.267 e. The molecule has 0 unspecified atom stereocenters. The third-order valence-corrected chi connectivity index (χ3v) is 2.44. The quantitative estimate of drug-likeness (QED) is 0.836. The number of carbonyl (C=O) groups excluding carboxylic acids is 2. The number of carbonyl (C=O) groups is 2. The number of hydrogen-bond donors (Lipinski definition) is 2. The predicted octanol–water partition coefficient (Wildman–Crippen LogP) is 0.946. The highest BCUT2D eigenvalue weighted by molar-refractivity contribution is 5.96. The van der Waals surface area contributed by atoms with Crippen LogP contribution in [0.4, 0.5) is 0 Å².